The molecule has 0 aromatic heterocycles. The summed E-state index contributed by atoms with van der Waals surface area (Å²) in [7, 11) is -3.62. The summed E-state index contributed by atoms with van der Waals surface area (Å²) in [6.07, 6.45) is 3.26. The topological polar surface area (TPSA) is 79.4 Å². The smallest absolute Gasteiger partial charge is 0.320 e. The van der Waals surface area contributed by atoms with Crippen LogP contribution in [0.15, 0.2) is 23.1 Å². The number of ether oxygens (including phenoxy) is 2. The average molecular weight is 395 g/mol. The summed E-state index contributed by atoms with van der Waals surface area (Å²) in [4.78, 5) is 16.4. The van der Waals surface area contributed by atoms with Gasteiger partial charge in [-0.2, -0.15) is 4.31 Å². The van der Waals surface area contributed by atoms with Crippen LogP contribution < -0.4 is 9.47 Å². The Morgan fingerprint density at radius 1 is 0.815 bits per heavy atom. The van der Waals surface area contributed by atoms with E-state index in [-0.39, 0.29) is 10.9 Å². The molecule has 1 aromatic rings. The lowest BCUT2D eigenvalue weighted by atomic mass is 10.1. The fraction of sp³-hybridized carbons (Fsp3) is 0.611. The van der Waals surface area contributed by atoms with Gasteiger partial charge in [-0.3, -0.25) is 0 Å². The van der Waals surface area contributed by atoms with Gasteiger partial charge < -0.3 is 19.3 Å². The normalized spacial score (nSPS) is 21.2. The first kappa shape index (κ1) is 18.4. The minimum absolute atomic E-state index is 0.0334. The highest BCUT2D eigenvalue weighted by molar-refractivity contribution is 7.89. The van der Waals surface area contributed by atoms with Gasteiger partial charge >= 0.3 is 6.03 Å². The molecule has 3 aliphatic rings. The van der Waals surface area contributed by atoms with Gasteiger partial charge in [0.25, 0.3) is 0 Å². The van der Waals surface area contributed by atoms with Gasteiger partial charge in [0.05, 0.1) is 4.90 Å². The number of likely N-dealkylation sites (tertiary alicyclic amines) is 1. The number of urea groups is 1. The number of fused-ring (bicyclic) bond motifs is 1. The van der Waals surface area contributed by atoms with Gasteiger partial charge in [-0.05, 0) is 31.4 Å². The monoisotopic (exact) mass is 395 g/mol. The third kappa shape index (κ3) is 3.70. The highest BCUT2D eigenvalue weighted by atomic mass is 32.2. The van der Waals surface area contributed by atoms with Crippen molar-refractivity contribution in [2.75, 3.05) is 52.5 Å². The van der Waals surface area contributed by atoms with E-state index in [0.717, 1.165) is 25.9 Å². The fourth-order valence-electron chi connectivity index (χ4n) is 3.74. The molecule has 0 spiro atoms. The summed E-state index contributed by atoms with van der Waals surface area (Å²) in [6, 6.07) is 4.74. The number of hydrogen-bond acceptors (Lipinski definition) is 5. The van der Waals surface area contributed by atoms with Gasteiger partial charge in [-0.25, -0.2) is 13.2 Å². The van der Waals surface area contributed by atoms with Crippen molar-refractivity contribution in [3.63, 3.8) is 0 Å². The van der Waals surface area contributed by atoms with E-state index in [0.29, 0.717) is 50.9 Å². The molecule has 9 heteroatoms. The Labute approximate surface area is 159 Å². The van der Waals surface area contributed by atoms with Gasteiger partial charge in [0.15, 0.2) is 11.5 Å². The zero-order valence-electron chi connectivity index (χ0n) is 15.3. The Hall–Kier alpha value is -2.00. The number of benzene rings is 1. The minimum Gasteiger partial charge on any atom is -0.486 e. The van der Waals surface area contributed by atoms with Crippen LogP contribution in [0, 0.1) is 0 Å². The van der Waals surface area contributed by atoms with Crippen molar-refractivity contribution in [2.45, 2.75) is 24.2 Å². The minimum atomic E-state index is -3.62. The van der Waals surface area contributed by atoms with Crippen molar-refractivity contribution < 1.29 is 22.7 Å². The van der Waals surface area contributed by atoms with E-state index in [1.807, 2.05) is 4.90 Å². The quantitative estimate of drug-likeness (QED) is 0.756. The number of nitrogens with zero attached hydrogens (tertiary/aromatic N) is 3. The summed E-state index contributed by atoms with van der Waals surface area (Å²) in [5.41, 5.74) is 0. The lowest BCUT2D eigenvalue weighted by Crippen LogP contribution is -2.54. The van der Waals surface area contributed by atoms with Crippen molar-refractivity contribution in [1.29, 1.82) is 0 Å². The lowest BCUT2D eigenvalue weighted by Gasteiger charge is -2.38. The Kier molecular flexibility index (Phi) is 5.14. The van der Waals surface area contributed by atoms with Crippen molar-refractivity contribution in [3.8, 4) is 11.5 Å². The Balaban J connectivity index is 1.41. The first-order chi connectivity index (χ1) is 13.1. The van der Waals surface area contributed by atoms with Gasteiger partial charge in [0, 0.05) is 45.3 Å². The summed E-state index contributed by atoms with van der Waals surface area (Å²) in [5, 5.41) is 0. The molecule has 0 atom stereocenters. The molecule has 3 aliphatic heterocycles. The van der Waals surface area contributed by atoms with Crippen LogP contribution in [0.2, 0.25) is 0 Å². The van der Waals surface area contributed by atoms with E-state index in [4.69, 9.17) is 9.47 Å². The van der Waals surface area contributed by atoms with E-state index in [9.17, 15) is 13.2 Å². The third-order valence-corrected chi connectivity index (χ3v) is 7.18. The molecule has 3 heterocycles. The van der Waals surface area contributed by atoms with E-state index in [1.54, 1.807) is 17.0 Å². The molecule has 148 valence electrons. The summed E-state index contributed by atoms with van der Waals surface area (Å²) in [6.45, 7) is 3.91. The lowest BCUT2D eigenvalue weighted by molar-refractivity contribution is 0.126. The van der Waals surface area contributed by atoms with Gasteiger partial charge in [0.2, 0.25) is 10.0 Å². The molecular formula is C18H25N3O5S. The van der Waals surface area contributed by atoms with Crippen LogP contribution in [-0.2, 0) is 10.0 Å². The van der Waals surface area contributed by atoms with Crippen molar-refractivity contribution in [3.05, 3.63) is 18.2 Å². The molecule has 2 saturated heterocycles. The Morgan fingerprint density at radius 2 is 1.44 bits per heavy atom. The predicted molar refractivity (Wildman–Crippen MR) is 98.6 cm³/mol. The second-order valence-corrected chi connectivity index (χ2v) is 8.96. The number of carbonyl (C=O) groups is 1. The first-order valence-corrected chi connectivity index (χ1v) is 10.9. The van der Waals surface area contributed by atoms with Gasteiger partial charge in [0.1, 0.15) is 13.2 Å². The molecule has 0 N–H and O–H groups in total. The largest absolute Gasteiger partial charge is 0.486 e. The summed E-state index contributed by atoms with van der Waals surface area (Å²) < 4.78 is 38.3. The predicted octanol–water partition coefficient (Wildman–Crippen LogP) is 1.37. The van der Waals surface area contributed by atoms with E-state index < -0.39 is 10.0 Å². The Morgan fingerprint density at radius 3 is 2.15 bits per heavy atom. The van der Waals surface area contributed by atoms with Crippen molar-refractivity contribution >= 4 is 16.1 Å². The van der Waals surface area contributed by atoms with Crippen LogP contribution in [0.4, 0.5) is 4.79 Å². The third-order valence-electron chi connectivity index (χ3n) is 5.29. The number of amides is 2. The maximum Gasteiger partial charge on any atom is 0.320 e. The van der Waals surface area contributed by atoms with Crippen LogP contribution in [-0.4, -0.2) is 81.0 Å². The van der Waals surface area contributed by atoms with E-state index >= 15 is 0 Å². The van der Waals surface area contributed by atoms with Crippen LogP contribution in [0.1, 0.15) is 19.3 Å². The van der Waals surface area contributed by atoms with Crippen molar-refractivity contribution in [2.24, 2.45) is 0 Å². The molecule has 2 amide bonds. The first-order valence-electron chi connectivity index (χ1n) is 9.49. The molecule has 8 nitrogen and oxygen atoms in total. The number of piperidine rings is 1. The molecule has 27 heavy (non-hydrogen) atoms. The van der Waals surface area contributed by atoms with E-state index in [2.05, 4.69) is 0 Å². The van der Waals surface area contributed by atoms with Crippen LogP contribution in [0.25, 0.3) is 0 Å². The number of sulfonamides is 1. The van der Waals surface area contributed by atoms with Crippen molar-refractivity contribution in [1.82, 2.24) is 14.1 Å². The van der Waals surface area contributed by atoms with Crippen LogP contribution in [0.5, 0.6) is 11.5 Å². The molecule has 1 aromatic carbocycles. The van der Waals surface area contributed by atoms with Crippen LogP contribution >= 0.6 is 0 Å². The highest BCUT2D eigenvalue weighted by Crippen LogP contribution is 2.33. The number of hydrogen-bond donors (Lipinski definition) is 0. The molecule has 0 unspecified atom stereocenters. The number of piperazine rings is 1. The van der Waals surface area contributed by atoms with Crippen LogP contribution in [0.3, 0.4) is 0 Å². The second kappa shape index (κ2) is 7.55. The summed E-state index contributed by atoms with van der Waals surface area (Å²) >= 11 is 0. The number of carbonyl (C=O) groups excluding carboxylic acids is 1. The maximum atomic E-state index is 13.0. The molecule has 0 bridgehead atoms. The molecule has 2 fully saturated rings. The zero-order valence-corrected chi connectivity index (χ0v) is 16.1. The average Bonchev–Trinajstić information content (AvgIpc) is 2.73. The molecule has 0 radical (unpaired) electrons. The zero-order chi connectivity index (χ0) is 18.9. The molecule has 0 saturated carbocycles. The number of rotatable bonds is 2. The Bertz CT molecular complexity index is 799. The molecular weight excluding hydrogens is 370 g/mol. The van der Waals surface area contributed by atoms with Gasteiger partial charge in [-0.1, -0.05) is 0 Å². The maximum absolute atomic E-state index is 13.0. The second-order valence-electron chi connectivity index (χ2n) is 7.03. The summed E-state index contributed by atoms with van der Waals surface area (Å²) in [5.74, 6) is 1.03. The SMILES string of the molecule is O=C(N1CCCCC1)N1CCN(S(=O)(=O)c2ccc3c(c2)OCCO3)CC1. The highest BCUT2D eigenvalue weighted by Gasteiger charge is 2.32. The molecule has 0 aliphatic carbocycles. The van der Waals surface area contributed by atoms with E-state index in [1.165, 1.54) is 16.8 Å². The van der Waals surface area contributed by atoms with Gasteiger partial charge in [-0.15, -0.1) is 0 Å². The standard InChI is InChI=1S/C18H25N3O5S/c22-18(19-6-2-1-3-7-19)20-8-10-21(11-9-20)27(23,24)15-4-5-16-17(14-15)26-13-12-25-16/h4-5,14H,1-3,6-13H2. The fourth-order valence-corrected chi connectivity index (χ4v) is 5.18. The molecule has 4 rings (SSSR count).